The summed E-state index contributed by atoms with van der Waals surface area (Å²) in [5, 5.41) is 3.67. The normalized spacial score (nSPS) is 18.2. The Morgan fingerprint density at radius 1 is 1.00 bits per heavy atom. The third kappa shape index (κ3) is 3.70. The molecule has 2 atom stereocenters. The van der Waals surface area contributed by atoms with Gasteiger partial charge in [0.25, 0.3) is 5.91 Å². The van der Waals surface area contributed by atoms with Gasteiger partial charge in [-0.25, -0.2) is 0 Å². The van der Waals surface area contributed by atoms with Gasteiger partial charge in [-0.15, -0.1) is 0 Å². The molecule has 0 aliphatic carbocycles. The van der Waals surface area contributed by atoms with Crippen molar-refractivity contribution < 1.29 is 4.79 Å². The highest BCUT2D eigenvalue weighted by Gasteiger charge is 2.34. The zero-order valence-corrected chi connectivity index (χ0v) is 17.1. The molecule has 4 nitrogen and oxygen atoms in total. The molecule has 3 aromatic carbocycles. The maximum atomic E-state index is 13.4. The highest BCUT2D eigenvalue weighted by Crippen LogP contribution is 2.40. The minimum Gasteiger partial charge on any atom is -0.398 e. The molecule has 0 saturated heterocycles. The number of amides is 1. The van der Waals surface area contributed by atoms with Crippen LogP contribution in [0.3, 0.4) is 0 Å². The van der Waals surface area contributed by atoms with E-state index in [0.717, 1.165) is 23.4 Å². The molecule has 0 unspecified atom stereocenters. The number of anilines is 3. The van der Waals surface area contributed by atoms with E-state index in [-0.39, 0.29) is 18.0 Å². The molecule has 0 saturated carbocycles. The molecular weight excluding hydrogens is 358 g/mol. The van der Waals surface area contributed by atoms with E-state index in [0.29, 0.717) is 11.3 Å². The van der Waals surface area contributed by atoms with Gasteiger partial charge in [-0.3, -0.25) is 4.79 Å². The van der Waals surface area contributed by atoms with E-state index in [1.165, 1.54) is 11.1 Å². The van der Waals surface area contributed by atoms with Crippen molar-refractivity contribution in [2.75, 3.05) is 16.0 Å². The largest absolute Gasteiger partial charge is 0.398 e. The van der Waals surface area contributed by atoms with Crippen LogP contribution in [-0.4, -0.2) is 11.9 Å². The van der Waals surface area contributed by atoms with Crippen LogP contribution in [0.25, 0.3) is 0 Å². The van der Waals surface area contributed by atoms with Gasteiger partial charge in [-0.1, -0.05) is 47.5 Å². The van der Waals surface area contributed by atoms with E-state index in [9.17, 15) is 4.79 Å². The number of nitrogen functional groups attached to an aromatic ring is 1. The molecule has 29 heavy (non-hydrogen) atoms. The van der Waals surface area contributed by atoms with Crippen LogP contribution in [0.1, 0.15) is 46.4 Å². The predicted octanol–water partition coefficient (Wildman–Crippen LogP) is 5.48. The smallest absolute Gasteiger partial charge is 0.260 e. The first-order valence-electron chi connectivity index (χ1n) is 10.1. The molecule has 148 valence electrons. The van der Waals surface area contributed by atoms with Crippen LogP contribution in [0.2, 0.25) is 0 Å². The van der Waals surface area contributed by atoms with Gasteiger partial charge >= 0.3 is 0 Å². The lowest BCUT2D eigenvalue weighted by molar-refractivity contribution is 0.0975. The number of nitrogens with zero attached hydrogens (tertiary/aromatic N) is 1. The summed E-state index contributed by atoms with van der Waals surface area (Å²) in [5.41, 5.74) is 12.8. The lowest BCUT2D eigenvalue weighted by Gasteiger charge is -2.40. The second-order valence-corrected chi connectivity index (χ2v) is 7.97. The van der Waals surface area contributed by atoms with Gasteiger partial charge in [0.1, 0.15) is 0 Å². The number of hydrogen-bond acceptors (Lipinski definition) is 3. The summed E-state index contributed by atoms with van der Waals surface area (Å²) in [4.78, 5) is 15.3. The van der Waals surface area contributed by atoms with Crippen molar-refractivity contribution in [3.05, 3.63) is 89.0 Å². The number of carbonyl (C=O) groups is 1. The number of rotatable bonds is 3. The van der Waals surface area contributed by atoms with Gasteiger partial charge in [-0.05, 0) is 63.1 Å². The van der Waals surface area contributed by atoms with E-state index in [4.69, 9.17) is 5.73 Å². The molecule has 0 bridgehead atoms. The molecule has 0 aromatic heterocycles. The maximum absolute atomic E-state index is 13.4. The number of fused-ring (bicyclic) bond motifs is 1. The van der Waals surface area contributed by atoms with Gasteiger partial charge in [0.05, 0.1) is 11.6 Å². The van der Waals surface area contributed by atoms with Crippen LogP contribution in [0.15, 0.2) is 66.7 Å². The Balaban J connectivity index is 1.73. The SMILES string of the molecule is Cc1ccc(N[C@H]2C[C@H](C)N(C(=O)c3ccccc3N)c3ccc(C)cc32)cc1. The summed E-state index contributed by atoms with van der Waals surface area (Å²) in [6.45, 7) is 6.27. The standard InChI is InChI=1S/C25H27N3O/c1-16-8-11-19(12-9-16)27-23-15-18(3)28(24-13-10-17(2)14-21(23)24)25(29)20-6-4-5-7-22(20)26/h4-14,18,23,27H,15,26H2,1-3H3/t18-,23-/m0/s1. The summed E-state index contributed by atoms with van der Waals surface area (Å²) in [5.74, 6) is -0.0468. The first-order valence-corrected chi connectivity index (χ1v) is 10.1. The van der Waals surface area contributed by atoms with Gasteiger partial charge in [0.15, 0.2) is 0 Å². The minimum absolute atomic E-state index is 0.0419. The number of benzene rings is 3. The summed E-state index contributed by atoms with van der Waals surface area (Å²) in [6, 6.07) is 22.2. The molecule has 3 aromatic rings. The summed E-state index contributed by atoms with van der Waals surface area (Å²) in [6.07, 6.45) is 0.822. The van der Waals surface area contributed by atoms with Crippen LogP contribution >= 0.6 is 0 Å². The fourth-order valence-electron chi connectivity index (χ4n) is 4.10. The summed E-state index contributed by atoms with van der Waals surface area (Å²) >= 11 is 0. The number of carbonyl (C=O) groups excluding carboxylic acids is 1. The van der Waals surface area contributed by atoms with Crippen LogP contribution in [0.5, 0.6) is 0 Å². The van der Waals surface area contributed by atoms with Crippen molar-refractivity contribution in [1.29, 1.82) is 0 Å². The van der Waals surface area contributed by atoms with E-state index in [2.05, 4.69) is 68.6 Å². The number of nitrogens with one attached hydrogen (secondary N) is 1. The molecule has 3 N–H and O–H groups in total. The second-order valence-electron chi connectivity index (χ2n) is 7.97. The molecule has 1 aliphatic rings. The Bertz CT molecular complexity index is 1040. The zero-order chi connectivity index (χ0) is 20.5. The van der Waals surface area contributed by atoms with Crippen molar-refractivity contribution in [1.82, 2.24) is 0 Å². The summed E-state index contributed by atoms with van der Waals surface area (Å²) in [7, 11) is 0. The van der Waals surface area contributed by atoms with Crippen molar-refractivity contribution in [2.45, 2.75) is 39.3 Å². The Labute approximate surface area is 172 Å². The molecule has 1 amide bonds. The zero-order valence-electron chi connectivity index (χ0n) is 17.1. The molecule has 0 fully saturated rings. The van der Waals surface area contributed by atoms with Crippen LogP contribution in [0, 0.1) is 13.8 Å². The fraction of sp³-hybridized carbons (Fsp3) is 0.240. The third-order valence-corrected chi connectivity index (χ3v) is 5.64. The molecule has 0 radical (unpaired) electrons. The molecule has 0 spiro atoms. The Morgan fingerprint density at radius 3 is 2.41 bits per heavy atom. The van der Waals surface area contributed by atoms with Crippen molar-refractivity contribution in [3.8, 4) is 0 Å². The average Bonchev–Trinajstić information content (AvgIpc) is 2.70. The molecular formula is C25H27N3O. The monoisotopic (exact) mass is 385 g/mol. The topological polar surface area (TPSA) is 58.4 Å². The molecule has 4 heteroatoms. The molecule has 4 rings (SSSR count). The lowest BCUT2D eigenvalue weighted by atomic mass is 9.89. The summed E-state index contributed by atoms with van der Waals surface area (Å²) < 4.78 is 0. The van der Waals surface area contributed by atoms with Crippen LogP contribution in [0.4, 0.5) is 17.1 Å². The first-order chi connectivity index (χ1) is 13.9. The quantitative estimate of drug-likeness (QED) is 0.587. The first kappa shape index (κ1) is 19.1. The number of nitrogens with two attached hydrogens (primary N) is 1. The van der Waals surface area contributed by atoms with Crippen LogP contribution < -0.4 is 16.0 Å². The maximum Gasteiger partial charge on any atom is 0.260 e. The van der Waals surface area contributed by atoms with Gasteiger partial charge in [0, 0.05) is 23.1 Å². The minimum atomic E-state index is -0.0468. The number of para-hydroxylation sites is 1. The van der Waals surface area contributed by atoms with Gasteiger partial charge in [-0.2, -0.15) is 0 Å². The van der Waals surface area contributed by atoms with Crippen LogP contribution in [-0.2, 0) is 0 Å². The Morgan fingerprint density at radius 2 is 1.69 bits per heavy atom. The third-order valence-electron chi connectivity index (χ3n) is 5.64. The van der Waals surface area contributed by atoms with Crippen molar-refractivity contribution in [2.24, 2.45) is 0 Å². The van der Waals surface area contributed by atoms with E-state index >= 15 is 0 Å². The van der Waals surface area contributed by atoms with Gasteiger partial charge < -0.3 is 16.0 Å². The lowest BCUT2D eigenvalue weighted by Crippen LogP contribution is -2.44. The van der Waals surface area contributed by atoms with Crippen molar-refractivity contribution in [3.63, 3.8) is 0 Å². The second kappa shape index (κ2) is 7.63. The predicted molar refractivity (Wildman–Crippen MR) is 120 cm³/mol. The fourth-order valence-corrected chi connectivity index (χ4v) is 4.10. The number of aryl methyl sites for hydroxylation is 2. The highest BCUT2D eigenvalue weighted by atomic mass is 16.2. The van der Waals surface area contributed by atoms with E-state index < -0.39 is 0 Å². The van der Waals surface area contributed by atoms with E-state index in [1.54, 1.807) is 12.1 Å². The molecule has 1 aliphatic heterocycles. The number of hydrogen-bond donors (Lipinski definition) is 2. The van der Waals surface area contributed by atoms with Gasteiger partial charge in [0.2, 0.25) is 0 Å². The average molecular weight is 386 g/mol. The van der Waals surface area contributed by atoms with E-state index in [1.807, 2.05) is 17.0 Å². The Hall–Kier alpha value is -3.27. The Kier molecular flexibility index (Phi) is 5.01. The highest BCUT2D eigenvalue weighted by molar-refractivity contribution is 6.10. The molecule has 1 heterocycles. The van der Waals surface area contributed by atoms with Crippen molar-refractivity contribution >= 4 is 23.0 Å².